The van der Waals surface area contributed by atoms with Crippen molar-refractivity contribution < 1.29 is 0 Å². The minimum absolute atomic E-state index is 0.717. The van der Waals surface area contributed by atoms with Crippen LogP contribution in [0.25, 0.3) is 44.0 Å². The van der Waals surface area contributed by atoms with Crippen LogP contribution >= 0.6 is 22.9 Å². The highest BCUT2D eigenvalue weighted by Gasteiger charge is 2.24. The van der Waals surface area contributed by atoms with E-state index in [1.165, 1.54) is 16.7 Å². The van der Waals surface area contributed by atoms with Crippen LogP contribution in [-0.4, -0.2) is 15.7 Å². The third kappa shape index (κ3) is 7.52. The van der Waals surface area contributed by atoms with E-state index in [2.05, 4.69) is 92.5 Å². The lowest BCUT2D eigenvalue weighted by Gasteiger charge is -2.22. The molecule has 5 heteroatoms. The molecule has 7 rings (SSSR count). The zero-order chi connectivity index (χ0) is 33.9. The molecule has 6 aromatic rings. The van der Waals surface area contributed by atoms with Crippen LogP contribution < -0.4 is 0 Å². The van der Waals surface area contributed by atoms with Crippen LogP contribution in [0, 0.1) is 0 Å². The van der Waals surface area contributed by atoms with Crippen molar-refractivity contribution in [1.82, 2.24) is 9.97 Å². The number of aliphatic imine (C=N–C) groups is 1. The van der Waals surface area contributed by atoms with Gasteiger partial charge in [0.05, 0.1) is 17.1 Å². The van der Waals surface area contributed by atoms with Gasteiger partial charge in [-0.25, -0.2) is 9.97 Å². The predicted molar refractivity (Wildman–Crippen MR) is 209 cm³/mol. The van der Waals surface area contributed by atoms with Crippen LogP contribution in [0.1, 0.15) is 36.1 Å². The smallest absolute Gasteiger partial charge is 0.160 e. The first-order chi connectivity index (χ1) is 23.5. The number of thiophene rings is 1. The molecule has 0 bridgehead atoms. The Labute approximate surface area is 293 Å². The maximum absolute atomic E-state index is 6.82. The van der Waals surface area contributed by atoms with Crippen molar-refractivity contribution in [2.24, 2.45) is 4.99 Å². The number of fused-ring (bicyclic) bond motifs is 4. The number of benzene rings is 4. The van der Waals surface area contributed by atoms with Gasteiger partial charge in [-0.1, -0.05) is 140 Å². The third-order valence-corrected chi connectivity index (χ3v) is 9.08. The van der Waals surface area contributed by atoms with Crippen molar-refractivity contribution in [3.63, 3.8) is 0 Å². The van der Waals surface area contributed by atoms with Gasteiger partial charge in [0, 0.05) is 49.7 Å². The van der Waals surface area contributed by atoms with E-state index in [0.717, 1.165) is 72.4 Å². The lowest BCUT2D eigenvalue weighted by atomic mass is 9.86. The summed E-state index contributed by atoms with van der Waals surface area (Å²) in [6.07, 6.45) is 10.8. The highest BCUT2D eigenvalue weighted by molar-refractivity contribution is 7.23. The topological polar surface area (TPSA) is 38.1 Å². The molecule has 0 saturated carbocycles. The molecule has 1 aliphatic carbocycles. The normalized spacial score (nSPS) is 11.8. The van der Waals surface area contributed by atoms with Crippen molar-refractivity contribution in [3.8, 4) is 33.9 Å². The monoisotopic (exact) mass is 663 g/mol. The Morgan fingerprint density at radius 1 is 0.792 bits per heavy atom. The standard InChI is InChI=1S/C35H24ClN3S.C5H8.C3H6/c1-2-37-32(30-27-17-8-9-18-29(27)40-34(30)36)25-15-10-14-24(21-25)31-28-20-19-22-11-6-7-16-26(22)33(28)39-35(38-31)23-12-4-3-5-13-23;1-3-5-4-2;1-3-2/h2-18,21H,1,19-20H2;3-5H,1H2,2H3;3H,1H2,2H3/b;5-4-;. The predicted octanol–water partition coefficient (Wildman–Crippen LogP) is 12.4. The van der Waals surface area contributed by atoms with Crippen molar-refractivity contribution in [1.29, 1.82) is 0 Å². The van der Waals surface area contributed by atoms with Gasteiger partial charge in [0.1, 0.15) is 4.34 Å². The summed E-state index contributed by atoms with van der Waals surface area (Å²) >= 11 is 8.39. The molecule has 0 atom stereocenters. The molecule has 0 unspecified atom stereocenters. The highest BCUT2D eigenvalue weighted by atomic mass is 35.5. The molecule has 0 amide bonds. The van der Waals surface area contributed by atoms with Crippen LogP contribution in [0.5, 0.6) is 0 Å². The van der Waals surface area contributed by atoms with Gasteiger partial charge in [-0.2, -0.15) is 0 Å². The maximum atomic E-state index is 6.82. The minimum Gasteiger partial charge on any atom is -0.256 e. The number of halogens is 1. The van der Waals surface area contributed by atoms with Gasteiger partial charge < -0.3 is 0 Å². The molecule has 0 saturated heterocycles. The number of aromatic nitrogens is 2. The minimum atomic E-state index is 0.717. The number of aryl methyl sites for hydroxylation is 1. The van der Waals surface area contributed by atoms with E-state index in [9.17, 15) is 0 Å². The first kappa shape index (κ1) is 34.2. The summed E-state index contributed by atoms with van der Waals surface area (Å²) in [4.78, 5) is 15.0. The molecule has 1 aliphatic rings. The summed E-state index contributed by atoms with van der Waals surface area (Å²) in [5, 5.41) is 1.09. The van der Waals surface area contributed by atoms with Gasteiger partial charge in [0.15, 0.2) is 5.82 Å². The quantitative estimate of drug-likeness (QED) is 0.101. The Kier molecular flexibility index (Phi) is 11.8. The summed E-state index contributed by atoms with van der Waals surface area (Å²) in [5.74, 6) is 0.725. The highest BCUT2D eigenvalue weighted by Crippen LogP contribution is 2.40. The van der Waals surface area contributed by atoms with E-state index in [4.69, 9.17) is 26.6 Å². The lowest BCUT2D eigenvalue weighted by molar-refractivity contribution is 0.916. The second-order valence-electron chi connectivity index (χ2n) is 10.9. The molecule has 0 radical (unpaired) electrons. The summed E-state index contributed by atoms with van der Waals surface area (Å²) < 4.78 is 1.85. The fraction of sp³-hybridized carbons (Fsp3) is 0.0930. The summed E-state index contributed by atoms with van der Waals surface area (Å²) in [6.45, 7) is 14.6. The Bertz CT molecular complexity index is 2120. The van der Waals surface area contributed by atoms with Gasteiger partial charge in [-0.15, -0.1) is 17.9 Å². The van der Waals surface area contributed by atoms with Crippen molar-refractivity contribution in [3.05, 3.63) is 180 Å². The molecule has 0 N–H and O–H groups in total. The van der Waals surface area contributed by atoms with E-state index in [0.29, 0.717) is 0 Å². The zero-order valence-electron chi connectivity index (χ0n) is 27.4. The van der Waals surface area contributed by atoms with Gasteiger partial charge in [0.25, 0.3) is 0 Å². The maximum Gasteiger partial charge on any atom is 0.160 e. The average Bonchev–Trinajstić information content (AvgIpc) is 3.46. The lowest BCUT2D eigenvalue weighted by Crippen LogP contribution is -2.10. The third-order valence-electron chi connectivity index (χ3n) is 7.70. The average molecular weight is 664 g/mol. The van der Waals surface area contributed by atoms with Gasteiger partial charge in [-0.05, 0) is 44.4 Å². The molecule has 48 heavy (non-hydrogen) atoms. The van der Waals surface area contributed by atoms with Crippen molar-refractivity contribution in [2.45, 2.75) is 26.7 Å². The Hall–Kier alpha value is -5.16. The Morgan fingerprint density at radius 3 is 2.21 bits per heavy atom. The van der Waals surface area contributed by atoms with Crippen molar-refractivity contribution in [2.75, 3.05) is 0 Å². The van der Waals surface area contributed by atoms with E-state index >= 15 is 0 Å². The second kappa shape index (κ2) is 16.6. The molecule has 0 fully saturated rings. The first-order valence-corrected chi connectivity index (χ1v) is 17.1. The van der Waals surface area contributed by atoms with Gasteiger partial charge >= 0.3 is 0 Å². The molecule has 2 heterocycles. The van der Waals surface area contributed by atoms with E-state index in [-0.39, 0.29) is 0 Å². The van der Waals surface area contributed by atoms with E-state index < -0.39 is 0 Å². The number of allylic oxidation sites excluding steroid dienone is 4. The summed E-state index contributed by atoms with van der Waals surface area (Å²) in [5.41, 5.74) is 10.4. The molecule has 3 nitrogen and oxygen atoms in total. The molecule has 0 spiro atoms. The number of hydrogen-bond acceptors (Lipinski definition) is 4. The molecular formula is C43H38ClN3S. The molecule has 2 aromatic heterocycles. The Morgan fingerprint density at radius 2 is 1.48 bits per heavy atom. The molecule has 0 aliphatic heterocycles. The largest absolute Gasteiger partial charge is 0.256 e. The van der Waals surface area contributed by atoms with Crippen LogP contribution in [0.4, 0.5) is 0 Å². The van der Waals surface area contributed by atoms with Crippen LogP contribution in [0.3, 0.4) is 0 Å². The van der Waals surface area contributed by atoms with E-state index in [1.807, 2.05) is 56.3 Å². The van der Waals surface area contributed by atoms with Crippen LogP contribution in [0.15, 0.2) is 158 Å². The first-order valence-electron chi connectivity index (χ1n) is 15.9. The number of hydrogen-bond donors (Lipinski definition) is 0. The second-order valence-corrected chi connectivity index (χ2v) is 12.6. The van der Waals surface area contributed by atoms with Crippen LogP contribution in [0.2, 0.25) is 4.34 Å². The summed E-state index contributed by atoms with van der Waals surface area (Å²) in [6, 6.07) is 35.5. The molecule has 238 valence electrons. The number of nitrogens with zero attached hydrogens (tertiary/aromatic N) is 3. The Balaban J connectivity index is 0.000000510. The van der Waals surface area contributed by atoms with Crippen LogP contribution in [-0.2, 0) is 12.8 Å². The summed E-state index contributed by atoms with van der Waals surface area (Å²) in [7, 11) is 0. The number of rotatable bonds is 6. The van der Waals surface area contributed by atoms with E-state index in [1.54, 1.807) is 29.7 Å². The molecular weight excluding hydrogens is 626 g/mol. The SMILES string of the molecule is C=C/C=C\C.C=CC.C=CN=C(c1cccc(-c2nc(-c3ccccc3)nc3c2CCc2ccccc2-3)c1)c1c(Cl)sc2ccccc12. The molecule has 4 aromatic carbocycles. The fourth-order valence-corrected chi connectivity index (χ4v) is 7.06. The van der Waals surface area contributed by atoms with Gasteiger partial charge in [-0.3, -0.25) is 4.99 Å². The van der Waals surface area contributed by atoms with Crippen molar-refractivity contribution >= 4 is 38.7 Å². The van der Waals surface area contributed by atoms with Gasteiger partial charge in [0.2, 0.25) is 0 Å². The zero-order valence-corrected chi connectivity index (χ0v) is 28.9. The fourth-order valence-electron chi connectivity index (χ4n) is 5.69.